The van der Waals surface area contributed by atoms with Crippen LogP contribution in [-0.2, 0) is 11.3 Å². The van der Waals surface area contributed by atoms with Crippen molar-refractivity contribution in [3.05, 3.63) is 55.4 Å². The second kappa shape index (κ2) is 8.20. The number of hydrogen-bond acceptors (Lipinski definition) is 6. The molecule has 0 bridgehead atoms. The van der Waals surface area contributed by atoms with E-state index in [4.69, 9.17) is 4.74 Å². The summed E-state index contributed by atoms with van der Waals surface area (Å²) in [5.41, 5.74) is 1.58. The van der Waals surface area contributed by atoms with E-state index in [0.717, 1.165) is 5.69 Å². The van der Waals surface area contributed by atoms with E-state index in [1.54, 1.807) is 22.3 Å². The number of methoxy groups -OCH3 is 1. The van der Waals surface area contributed by atoms with Gasteiger partial charge in [0.15, 0.2) is 5.16 Å². The zero-order chi connectivity index (χ0) is 18.7. The summed E-state index contributed by atoms with van der Waals surface area (Å²) in [4.78, 5) is 29.6. The Bertz CT molecular complexity index is 1020. The number of aryl methyl sites for hydroxylation is 1. The number of rotatable bonds is 7. The Hall–Kier alpha value is -1.90. The van der Waals surface area contributed by atoms with Gasteiger partial charge in [0.2, 0.25) is 0 Å². The van der Waals surface area contributed by atoms with Gasteiger partial charge in [-0.1, -0.05) is 35.2 Å². The predicted octanol–water partition coefficient (Wildman–Crippen LogP) is 2.93. The van der Waals surface area contributed by atoms with Crippen LogP contribution in [0.25, 0.3) is 10.9 Å². The number of benzene rings is 1. The van der Waals surface area contributed by atoms with Crippen LogP contribution in [0, 0.1) is 6.92 Å². The minimum atomic E-state index is -0.127. The summed E-state index contributed by atoms with van der Waals surface area (Å²) in [6.07, 6.45) is 0. The van der Waals surface area contributed by atoms with E-state index >= 15 is 0 Å². The number of aromatic nitrogens is 3. The average molecular weight is 392 g/mol. The first kappa shape index (κ1) is 18.9. The van der Waals surface area contributed by atoms with E-state index in [-0.39, 0.29) is 16.5 Å². The van der Waals surface area contributed by atoms with Crippen molar-refractivity contribution in [3.8, 4) is 0 Å². The summed E-state index contributed by atoms with van der Waals surface area (Å²) in [7, 11) is 1.62. The highest BCUT2D eigenvalue weighted by molar-refractivity contribution is 7.99. The van der Waals surface area contributed by atoms with Gasteiger partial charge in [0.05, 0.1) is 23.6 Å². The highest BCUT2D eigenvalue weighted by atomic mass is 32.2. The van der Waals surface area contributed by atoms with Gasteiger partial charge >= 0.3 is 4.87 Å². The van der Waals surface area contributed by atoms with Crippen molar-refractivity contribution >= 4 is 34.0 Å². The quantitative estimate of drug-likeness (QED) is 0.458. The molecule has 3 rings (SSSR count). The fourth-order valence-corrected chi connectivity index (χ4v) is 4.62. The first-order valence-electron chi connectivity index (χ1n) is 8.31. The molecule has 8 heteroatoms. The molecule has 0 aliphatic carbocycles. The van der Waals surface area contributed by atoms with Crippen molar-refractivity contribution in [3.63, 3.8) is 0 Å². The molecule has 26 heavy (non-hydrogen) atoms. The largest absolute Gasteiger partial charge is 0.383 e. The Morgan fingerprint density at radius 3 is 2.77 bits per heavy atom. The van der Waals surface area contributed by atoms with Crippen molar-refractivity contribution in [2.75, 3.05) is 19.5 Å². The Balaban J connectivity index is 1.94. The molecule has 1 aromatic carbocycles. The predicted molar refractivity (Wildman–Crippen MR) is 107 cm³/mol. The van der Waals surface area contributed by atoms with Crippen molar-refractivity contribution in [1.29, 1.82) is 0 Å². The molecule has 2 heterocycles. The minimum absolute atomic E-state index is 0.0414. The SMILES string of the molecule is COCC(C)n1c(SCCn2c(C)csc2=O)nc2ccccc2c1=O. The monoisotopic (exact) mass is 391 g/mol. The molecule has 1 unspecified atom stereocenters. The number of ether oxygens (including phenoxy) is 1. The van der Waals surface area contributed by atoms with Crippen molar-refractivity contribution in [2.24, 2.45) is 0 Å². The molecule has 2 aromatic heterocycles. The summed E-state index contributed by atoms with van der Waals surface area (Å²) in [5, 5.41) is 3.11. The lowest BCUT2D eigenvalue weighted by molar-refractivity contribution is 0.156. The van der Waals surface area contributed by atoms with Crippen molar-refractivity contribution < 1.29 is 4.74 Å². The Labute approximate surface area is 159 Å². The van der Waals surface area contributed by atoms with Crippen LogP contribution in [0.1, 0.15) is 18.7 Å². The van der Waals surface area contributed by atoms with Crippen LogP contribution in [-0.4, -0.2) is 33.6 Å². The molecule has 138 valence electrons. The molecule has 0 aliphatic rings. The molecule has 0 N–H and O–H groups in total. The first-order valence-corrected chi connectivity index (χ1v) is 10.2. The van der Waals surface area contributed by atoms with Crippen LogP contribution in [0.2, 0.25) is 0 Å². The highest BCUT2D eigenvalue weighted by Crippen LogP contribution is 2.21. The molecule has 0 spiro atoms. The summed E-state index contributed by atoms with van der Waals surface area (Å²) in [6.45, 7) is 4.88. The zero-order valence-corrected chi connectivity index (χ0v) is 16.6. The van der Waals surface area contributed by atoms with E-state index in [1.807, 2.05) is 37.4 Å². The van der Waals surface area contributed by atoms with Gasteiger partial charge in [0, 0.05) is 30.5 Å². The maximum Gasteiger partial charge on any atom is 0.307 e. The highest BCUT2D eigenvalue weighted by Gasteiger charge is 2.16. The second-order valence-corrected chi connectivity index (χ2v) is 7.92. The normalized spacial score (nSPS) is 12.6. The number of nitrogens with zero attached hydrogens (tertiary/aromatic N) is 3. The minimum Gasteiger partial charge on any atom is -0.383 e. The lowest BCUT2D eigenvalue weighted by atomic mass is 10.2. The summed E-state index contributed by atoms with van der Waals surface area (Å²) in [5.74, 6) is 0.655. The number of thioether (sulfide) groups is 1. The number of para-hydroxylation sites is 1. The van der Waals surface area contributed by atoms with Gasteiger partial charge in [-0.3, -0.25) is 14.2 Å². The fraction of sp³-hybridized carbons (Fsp3) is 0.389. The van der Waals surface area contributed by atoms with Crippen LogP contribution in [0.4, 0.5) is 0 Å². The maximum absolute atomic E-state index is 13.0. The lowest BCUT2D eigenvalue weighted by Gasteiger charge is -2.19. The van der Waals surface area contributed by atoms with Gasteiger partial charge in [0.1, 0.15) is 0 Å². The van der Waals surface area contributed by atoms with E-state index in [1.165, 1.54) is 23.1 Å². The molecule has 3 aromatic rings. The lowest BCUT2D eigenvalue weighted by Crippen LogP contribution is -2.28. The van der Waals surface area contributed by atoms with E-state index in [0.29, 0.717) is 35.0 Å². The first-order chi connectivity index (χ1) is 12.5. The molecule has 0 amide bonds. The average Bonchev–Trinajstić information content (AvgIpc) is 2.94. The molecule has 0 aliphatic heterocycles. The van der Waals surface area contributed by atoms with Crippen molar-refractivity contribution in [2.45, 2.75) is 31.6 Å². The Morgan fingerprint density at radius 1 is 1.31 bits per heavy atom. The third-order valence-corrected chi connectivity index (χ3v) is 5.96. The summed E-state index contributed by atoms with van der Waals surface area (Å²) >= 11 is 2.69. The third-order valence-electron chi connectivity index (χ3n) is 4.15. The molecule has 1 atom stereocenters. The van der Waals surface area contributed by atoms with Crippen LogP contribution >= 0.6 is 23.1 Å². The second-order valence-electron chi connectivity index (χ2n) is 6.03. The van der Waals surface area contributed by atoms with Gasteiger partial charge < -0.3 is 9.30 Å². The molecule has 0 fully saturated rings. The molecule has 0 saturated heterocycles. The van der Waals surface area contributed by atoms with E-state index in [9.17, 15) is 9.59 Å². The van der Waals surface area contributed by atoms with Gasteiger partial charge in [0.25, 0.3) is 5.56 Å². The maximum atomic E-state index is 13.0. The molecular weight excluding hydrogens is 370 g/mol. The molecule has 0 radical (unpaired) electrons. The summed E-state index contributed by atoms with van der Waals surface area (Å²) in [6, 6.07) is 7.23. The van der Waals surface area contributed by atoms with Gasteiger partial charge in [-0.2, -0.15) is 0 Å². The number of fused-ring (bicyclic) bond motifs is 1. The Morgan fingerprint density at radius 2 is 2.08 bits per heavy atom. The summed E-state index contributed by atoms with van der Waals surface area (Å²) < 4.78 is 8.68. The zero-order valence-electron chi connectivity index (χ0n) is 15.0. The molecule has 6 nitrogen and oxygen atoms in total. The van der Waals surface area contributed by atoms with Crippen LogP contribution in [0.15, 0.2) is 44.4 Å². The van der Waals surface area contributed by atoms with Crippen molar-refractivity contribution in [1.82, 2.24) is 14.1 Å². The van der Waals surface area contributed by atoms with Gasteiger partial charge in [-0.15, -0.1) is 0 Å². The molecular formula is C18H21N3O3S2. The fourth-order valence-electron chi connectivity index (χ4n) is 2.83. The van der Waals surface area contributed by atoms with Crippen LogP contribution in [0.3, 0.4) is 0 Å². The third kappa shape index (κ3) is 3.77. The van der Waals surface area contributed by atoms with Gasteiger partial charge in [-0.25, -0.2) is 4.98 Å². The smallest absolute Gasteiger partial charge is 0.307 e. The number of hydrogen-bond donors (Lipinski definition) is 0. The Kier molecular flexibility index (Phi) is 5.95. The van der Waals surface area contributed by atoms with Gasteiger partial charge in [-0.05, 0) is 26.0 Å². The van der Waals surface area contributed by atoms with E-state index < -0.39 is 0 Å². The standard InChI is InChI=1S/C18H21N3O3S2/c1-12(10-24-3)21-16(22)14-6-4-5-7-15(14)19-17(21)25-9-8-20-13(2)11-26-18(20)23/h4-7,11-12H,8-10H2,1-3H3. The molecule has 0 saturated carbocycles. The van der Waals surface area contributed by atoms with Crippen LogP contribution in [0.5, 0.6) is 0 Å². The van der Waals surface area contributed by atoms with E-state index in [2.05, 4.69) is 4.98 Å². The topological polar surface area (TPSA) is 66.1 Å². The van der Waals surface area contributed by atoms with Crippen LogP contribution < -0.4 is 10.4 Å². The number of thiazole rings is 1.